The number of amides is 1. The minimum atomic E-state index is -0.226. The van der Waals surface area contributed by atoms with E-state index in [-0.39, 0.29) is 36.0 Å². The Morgan fingerprint density at radius 1 is 1.24 bits per heavy atom. The van der Waals surface area contributed by atoms with Gasteiger partial charge in [-0.25, -0.2) is 0 Å². The molecule has 1 atom stereocenters. The Morgan fingerprint density at radius 3 is 2.79 bits per heavy atom. The van der Waals surface area contributed by atoms with Gasteiger partial charge < -0.3 is 24.7 Å². The molecule has 1 aromatic heterocycles. The molecule has 0 saturated carbocycles. The first-order chi connectivity index (χ1) is 13.7. The number of hydrogen-bond acceptors (Lipinski definition) is 4. The van der Waals surface area contributed by atoms with Crippen LogP contribution in [-0.2, 0) is 4.74 Å². The smallest absolute Gasteiger partial charge is 0.287 e. The lowest BCUT2D eigenvalue weighted by atomic mass is 10.0. The van der Waals surface area contributed by atoms with Gasteiger partial charge in [0.2, 0.25) is 0 Å². The number of nitrogens with zero attached hydrogens (tertiary/aromatic N) is 2. The molecule has 158 valence electrons. The van der Waals surface area contributed by atoms with E-state index in [1.807, 2.05) is 19.1 Å². The van der Waals surface area contributed by atoms with Gasteiger partial charge in [0.15, 0.2) is 11.7 Å². The van der Waals surface area contributed by atoms with Crippen LogP contribution in [0.4, 0.5) is 0 Å². The summed E-state index contributed by atoms with van der Waals surface area (Å²) in [5, 5.41) is 6.16. The molecule has 2 N–H and O–H groups in total. The second-order valence-electron chi connectivity index (χ2n) is 6.63. The van der Waals surface area contributed by atoms with Crippen LogP contribution >= 0.6 is 24.0 Å². The van der Waals surface area contributed by atoms with Gasteiger partial charge in [-0.15, -0.1) is 24.0 Å². The van der Waals surface area contributed by atoms with E-state index in [1.54, 1.807) is 12.1 Å². The molecule has 1 amide bonds. The van der Waals surface area contributed by atoms with Crippen LogP contribution in [0, 0.1) is 6.92 Å². The summed E-state index contributed by atoms with van der Waals surface area (Å²) >= 11 is 0. The van der Waals surface area contributed by atoms with E-state index in [1.165, 1.54) is 17.4 Å². The minimum absolute atomic E-state index is 0. The number of hydrogen-bond donors (Lipinski definition) is 2. The van der Waals surface area contributed by atoms with Crippen LogP contribution in [0.15, 0.2) is 52.1 Å². The first-order valence-electron chi connectivity index (χ1n) is 9.71. The second-order valence-corrected chi connectivity index (χ2v) is 6.63. The molecule has 1 aliphatic rings. The lowest BCUT2D eigenvalue weighted by Gasteiger charge is -2.35. The van der Waals surface area contributed by atoms with Crippen molar-refractivity contribution in [2.75, 3.05) is 39.3 Å². The molecule has 2 aromatic rings. The molecule has 7 nitrogen and oxygen atoms in total. The van der Waals surface area contributed by atoms with E-state index >= 15 is 0 Å². The van der Waals surface area contributed by atoms with Crippen molar-refractivity contribution in [2.45, 2.75) is 20.0 Å². The van der Waals surface area contributed by atoms with Crippen molar-refractivity contribution in [3.05, 3.63) is 59.5 Å². The van der Waals surface area contributed by atoms with E-state index in [0.29, 0.717) is 25.5 Å². The molecule has 1 aliphatic heterocycles. The van der Waals surface area contributed by atoms with Crippen LogP contribution in [0.2, 0.25) is 0 Å². The van der Waals surface area contributed by atoms with Gasteiger partial charge in [0, 0.05) is 19.6 Å². The third-order valence-corrected chi connectivity index (χ3v) is 4.64. The summed E-state index contributed by atoms with van der Waals surface area (Å²) in [7, 11) is 0. The summed E-state index contributed by atoms with van der Waals surface area (Å²) in [4.78, 5) is 18.8. The van der Waals surface area contributed by atoms with Crippen molar-refractivity contribution in [2.24, 2.45) is 4.99 Å². The SMILES string of the molecule is CCNC(=NCCNC(=O)c1ccco1)N1CCOC(c2ccccc2C)C1.I. The van der Waals surface area contributed by atoms with Crippen LogP contribution in [0.25, 0.3) is 0 Å². The molecule has 3 rings (SSSR count). The third-order valence-electron chi connectivity index (χ3n) is 4.64. The fraction of sp³-hybridized carbons (Fsp3) is 0.429. The fourth-order valence-corrected chi connectivity index (χ4v) is 3.23. The molecular weight excluding hydrogens is 483 g/mol. The molecule has 1 aromatic carbocycles. The van der Waals surface area contributed by atoms with Gasteiger partial charge in [-0.1, -0.05) is 24.3 Å². The predicted molar refractivity (Wildman–Crippen MR) is 124 cm³/mol. The van der Waals surface area contributed by atoms with Crippen LogP contribution in [0.5, 0.6) is 0 Å². The van der Waals surface area contributed by atoms with Gasteiger partial charge in [0.05, 0.1) is 26.0 Å². The van der Waals surface area contributed by atoms with Gasteiger partial charge in [-0.3, -0.25) is 9.79 Å². The van der Waals surface area contributed by atoms with E-state index in [4.69, 9.17) is 9.15 Å². The molecule has 8 heteroatoms. The summed E-state index contributed by atoms with van der Waals surface area (Å²) in [5.41, 5.74) is 2.45. The van der Waals surface area contributed by atoms with Crippen LogP contribution in [0.1, 0.15) is 34.7 Å². The van der Waals surface area contributed by atoms with E-state index in [9.17, 15) is 4.79 Å². The van der Waals surface area contributed by atoms with Gasteiger partial charge in [0.25, 0.3) is 5.91 Å². The molecule has 1 saturated heterocycles. The zero-order chi connectivity index (χ0) is 19.8. The van der Waals surface area contributed by atoms with Gasteiger partial charge in [0.1, 0.15) is 6.10 Å². The number of aryl methyl sites for hydroxylation is 1. The molecule has 2 heterocycles. The van der Waals surface area contributed by atoms with Crippen molar-refractivity contribution < 1.29 is 13.9 Å². The highest BCUT2D eigenvalue weighted by Gasteiger charge is 2.25. The third kappa shape index (κ3) is 6.46. The summed E-state index contributed by atoms with van der Waals surface area (Å²) in [6.45, 7) is 8.05. The Hall–Kier alpha value is -2.07. The number of rotatable bonds is 6. The van der Waals surface area contributed by atoms with Crippen molar-refractivity contribution in [3.63, 3.8) is 0 Å². The maximum atomic E-state index is 11.9. The van der Waals surface area contributed by atoms with Gasteiger partial charge >= 0.3 is 0 Å². The van der Waals surface area contributed by atoms with Crippen LogP contribution in [-0.4, -0.2) is 56.1 Å². The van der Waals surface area contributed by atoms with Crippen LogP contribution in [0.3, 0.4) is 0 Å². The number of morpholine rings is 1. The normalized spacial score (nSPS) is 16.8. The molecule has 1 fully saturated rings. The lowest BCUT2D eigenvalue weighted by molar-refractivity contribution is -0.00832. The summed E-state index contributed by atoms with van der Waals surface area (Å²) in [5.74, 6) is 0.929. The standard InChI is InChI=1S/C21H28N4O3.HI/c1-3-22-21(24-11-10-23-20(26)18-9-6-13-27-18)25-12-14-28-19(15-25)17-8-5-4-7-16(17)2;/h4-9,13,19H,3,10-12,14-15H2,1-2H3,(H,22,24)(H,23,26);1H. The first kappa shape index (κ1) is 23.2. The maximum Gasteiger partial charge on any atom is 0.287 e. The molecule has 29 heavy (non-hydrogen) atoms. The highest BCUT2D eigenvalue weighted by molar-refractivity contribution is 14.0. The highest BCUT2D eigenvalue weighted by Crippen LogP contribution is 2.24. The molecule has 0 radical (unpaired) electrons. The number of guanidine groups is 1. The fourth-order valence-electron chi connectivity index (χ4n) is 3.23. The average Bonchev–Trinajstić information content (AvgIpc) is 3.25. The average molecular weight is 512 g/mol. The molecule has 1 unspecified atom stereocenters. The number of ether oxygens (including phenoxy) is 1. The highest BCUT2D eigenvalue weighted by atomic mass is 127. The molecule has 0 aliphatic carbocycles. The Balaban J connectivity index is 0.00000300. The Morgan fingerprint density at radius 2 is 2.07 bits per heavy atom. The number of carbonyl (C=O) groups excluding carboxylic acids is 1. The number of nitrogens with one attached hydrogen (secondary N) is 2. The second kappa shape index (κ2) is 11.8. The van der Waals surface area contributed by atoms with Gasteiger partial charge in [-0.2, -0.15) is 0 Å². The summed E-state index contributed by atoms with van der Waals surface area (Å²) in [6.07, 6.45) is 1.51. The Labute approximate surface area is 188 Å². The lowest BCUT2D eigenvalue weighted by Crippen LogP contribution is -2.48. The molecule has 0 bridgehead atoms. The maximum absolute atomic E-state index is 11.9. The number of carbonyl (C=O) groups is 1. The van der Waals surface area contributed by atoms with Crippen molar-refractivity contribution in [1.29, 1.82) is 0 Å². The first-order valence-corrected chi connectivity index (χ1v) is 9.71. The number of aliphatic imine (C=N–C) groups is 1. The van der Waals surface area contributed by atoms with Crippen molar-refractivity contribution >= 4 is 35.8 Å². The largest absolute Gasteiger partial charge is 0.459 e. The number of furan rings is 1. The molecular formula is C21H29IN4O3. The summed E-state index contributed by atoms with van der Waals surface area (Å²) < 4.78 is 11.1. The summed E-state index contributed by atoms with van der Waals surface area (Å²) in [6, 6.07) is 11.7. The Kier molecular flexibility index (Phi) is 9.46. The zero-order valence-corrected chi connectivity index (χ0v) is 19.2. The van der Waals surface area contributed by atoms with Crippen molar-refractivity contribution in [3.8, 4) is 0 Å². The van der Waals surface area contributed by atoms with E-state index < -0.39 is 0 Å². The number of halogens is 1. The Bertz CT molecular complexity index is 795. The minimum Gasteiger partial charge on any atom is -0.459 e. The monoisotopic (exact) mass is 512 g/mol. The van der Waals surface area contributed by atoms with Crippen LogP contribution < -0.4 is 10.6 Å². The van der Waals surface area contributed by atoms with Crippen molar-refractivity contribution in [1.82, 2.24) is 15.5 Å². The quantitative estimate of drug-likeness (QED) is 0.270. The van der Waals surface area contributed by atoms with Gasteiger partial charge in [-0.05, 0) is 37.1 Å². The van der Waals surface area contributed by atoms with E-state index in [2.05, 4.69) is 39.6 Å². The molecule has 0 spiro atoms. The van der Waals surface area contributed by atoms with E-state index in [0.717, 1.165) is 25.6 Å². The number of benzene rings is 1. The zero-order valence-electron chi connectivity index (χ0n) is 16.9. The topological polar surface area (TPSA) is 79.1 Å². The predicted octanol–water partition coefficient (Wildman–Crippen LogP) is 2.97.